The molecule has 3 atom stereocenters. The molecule has 1 saturated heterocycles. The van der Waals surface area contributed by atoms with Gasteiger partial charge >= 0.3 is 5.97 Å². The number of fused-ring (bicyclic) bond motifs is 1. The third-order valence-corrected chi connectivity index (χ3v) is 4.79. The Kier molecular flexibility index (Phi) is 3.58. The fourth-order valence-electron chi connectivity index (χ4n) is 2.40. The van der Waals surface area contributed by atoms with Gasteiger partial charge in [-0.15, -0.1) is 0 Å². The first-order valence-corrected chi connectivity index (χ1v) is 7.83. The second-order valence-electron chi connectivity index (χ2n) is 4.75. The Bertz CT molecular complexity index is 633. The number of nitrogens with one attached hydrogen (secondary N) is 1. The van der Waals surface area contributed by atoms with Crippen molar-refractivity contribution in [3.63, 3.8) is 0 Å². The van der Waals surface area contributed by atoms with Crippen molar-refractivity contribution in [1.29, 1.82) is 0 Å². The predicted octanol–water partition coefficient (Wildman–Crippen LogP) is 1.37. The summed E-state index contributed by atoms with van der Waals surface area (Å²) in [5.41, 5.74) is 0.787. The SMILES string of the molecule is COC(=O)C1CS(=O)CC(c2cc3ccccc3o2)N1. The summed E-state index contributed by atoms with van der Waals surface area (Å²) in [7, 11) is 0.263. The molecule has 2 aromatic rings. The Hall–Kier alpha value is -1.66. The lowest BCUT2D eigenvalue weighted by Gasteiger charge is -2.27. The van der Waals surface area contributed by atoms with Gasteiger partial charge in [0.15, 0.2) is 0 Å². The molecule has 2 heterocycles. The molecule has 1 N–H and O–H groups in total. The molecule has 20 heavy (non-hydrogen) atoms. The zero-order valence-corrected chi connectivity index (χ0v) is 11.8. The molecule has 3 unspecified atom stereocenters. The highest BCUT2D eigenvalue weighted by molar-refractivity contribution is 7.85. The van der Waals surface area contributed by atoms with Gasteiger partial charge in [-0.2, -0.15) is 0 Å². The highest BCUT2D eigenvalue weighted by Crippen LogP contribution is 2.26. The van der Waals surface area contributed by atoms with Crippen molar-refractivity contribution in [3.8, 4) is 0 Å². The summed E-state index contributed by atoms with van der Waals surface area (Å²) in [4.78, 5) is 11.6. The fraction of sp³-hybridized carbons (Fsp3) is 0.357. The number of furan rings is 1. The number of benzene rings is 1. The van der Waals surface area contributed by atoms with Gasteiger partial charge in [0.05, 0.1) is 13.2 Å². The molecular weight excluding hydrogens is 278 g/mol. The van der Waals surface area contributed by atoms with E-state index in [9.17, 15) is 9.00 Å². The minimum atomic E-state index is -1.07. The summed E-state index contributed by atoms with van der Waals surface area (Å²) in [5, 5.41) is 4.15. The van der Waals surface area contributed by atoms with Gasteiger partial charge in [0.1, 0.15) is 17.4 Å². The minimum Gasteiger partial charge on any atom is -0.468 e. The lowest BCUT2D eigenvalue weighted by Crippen LogP contribution is -2.49. The van der Waals surface area contributed by atoms with Crippen molar-refractivity contribution < 1.29 is 18.2 Å². The second-order valence-corrected chi connectivity index (χ2v) is 6.30. The zero-order chi connectivity index (χ0) is 14.1. The first-order valence-electron chi connectivity index (χ1n) is 6.34. The van der Waals surface area contributed by atoms with Crippen molar-refractivity contribution in [2.75, 3.05) is 18.6 Å². The summed E-state index contributed by atoms with van der Waals surface area (Å²) >= 11 is 0. The monoisotopic (exact) mass is 293 g/mol. The molecule has 1 aliphatic heterocycles. The molecule has 3 rings (SSSR count). The largest absolute Gasteiger partial charge is 0.468 e. The number of esters is 1. The Morgan fingerprint density at radius 2 is 2.20 bits per heavy atom. The molecule has 0 saturated carbocycles. The number of carbonyl (C=O) groups is 1. The van der Waals surface area contributed by atoms with E-state index in [4.69, 9.17) is 9.15 Å². The van der Waals surface area contributed by atoms with Gasteiger partial charge in [-0.25, -0.2) is 0 Å². The van der Waals surface area contributed by atoms with Crippen LogP contribution < -0.4 is 5.32 Å². The maximum absolute atomic E-state index is 11.9. The molecule has 1 aromatic carbocycles. The summed E-state index contributed by atoms with van der Waals surface area (Å²) in [5.74, 6) is 1.03. The molecule has 1 aliphatic rings. The van der Waals surface area contributed by atoms with Gasteiger partial charge in [0, 0.05) is 27.7 Å². The maximum atomic E-state index is 11.9. The van der Waals surface area contributed by atoms with Crippen LogP contribution in [0.3, 0.4) is 0 Å². The van der Waals surface area contributed by atoms with E-state index in [1.807, 2.05) is 30.3 Å². The molecule has 0 spiro atoms. The molecule has 0 bridgehead atoms. The van der Waals surface area contributed by atoms with Crippen molar-refractivity contribution in [2.45, 2.75) is 12.1 Å². The number of carbonyl (C=O) groups excluding carboxylic acids is 1. The van der Waals surface area contributed by atoms with E-state index in [0.717, 1.165) is 11.0 Å². The molecule has 6 heteroatoms. The summed E-state index contributed by atoms with van der Waals surface area (Å²) < 4.78 is 22.4. The van der Waals surface area contributed by atoms with Gasteiger partial charge in [0.2, 0.25) is 0 Å². The van der Waals surface area contributed by atoms with Gasteiger partial charge in [-0.1, -0.05) is 18.2 Å². The highest BCUT2D eigenvalue weighted by Gasteiger charge is 2.33. The van der Waals surface area contributed by atoms with Crippen LogP contribution in [0, 0.1) is 0 Å². The van der Waals surface area contributed by atoms with Crippen LogP contribution in [0.5, 0.6) is 0 Å². The number of hydrogen-bond donors (Lipinski definition) is 1. The van der Waals surface area contributed by atoms with E-state index in [2.05, 4.69) is 5.32 Å². The van der Waals surface area contributed by atoms with E-state index in [1.54, 1.807) is 0 Å². The van der Waals surface area contributed by atoms with E-state index >= 15 is 0 Å². The van der Waals surface area contributed by atoms with Crippen LogP contribution in [0.1, 0.15) is 11.8 Å². The Morgan fingerprint density at radius 1 is 1.40 bits per heavy atom. The first-order chi connectivity index (χ1) is 9.67. The van der Waals surface area contributed by atoms with Crippen LogP contribution >= 0.6 is 0 Å². The van der Waals surface area contributed by atoms with E-state index in [-0.39, 0.29) is 17.8 Å². The highest BCUT2D eigenvalue weighted by atomic mass is 32.2. The van der Waals surface area contributed by atoms with E-state index in [1.165, 1.54) is 7.11 Å². The Labute approximate surface area is 118 Å². The van der Waals surface area contributed by atoms with Crippen LogP contribution in [-0.2, 0) is 20.3 Å². The smallest absolute Gasteiger partial charge is 0.323 e. The average molecular weight is 293 g/mol. The Balaban J connectivity index is 1.88. The zero-order valence-electron chi connectivity index (χ0n) is 11.0. The van der Waals surface area contributed by atoms with Crippen molar-refractivity contribution in [2.24, 2.45) is 0 Å². The quantitative estimate of drug-likeness (QED) is 0.847. The molecular formula is C14H15NO4S. The lowest BCUT2D eigenvalue weighted by atomic mass is 10.2. The van der Waals surface area contributed by atoms with Gasteiger partial charge in [0.25, 0.3) is 0 Å². The van der Waals surface area contributed by atoms with Crippen molar-refractivity contribution >= 4 is 27.7 Å². The van der Waals surface area contributed by atoms with Crippen LogP contribution in [0.4, 0.5) is 0 Å². The third kappa shape index (κ3) is 2.48. The number of rotatable bonds is 2. The second kappa shape index (κ2) is 5.38. The molecule has 1 fully saturated rings. The fourth-order valence-corrected chi connectivity index (χ4v) is 3.77. The van der Waals surface area contributed by atoms with Gasteiger partial charge < -0.3 is 9.15 Å². The number of hydrogen-bond acceptors (Lipinski definition) is 5. The number of para-hydroxylation sites is 1. The van der Waals surface area contributed by atoms with Crippen molar-refractivity contribution in [1.82, 2.24) is 5.32 Å². The molecule has 5 nitrogen and oxygen atoms in total. The average Bonchev–Trinajstić information content (AvgIpc) is 2.89. The first kappa shape index (κ1) is 13.3. The lowest BCUT2D eigenvalue weighted by molar-refractivity contribution is -0.142. The molecule has 0 aliphatic carbocycles. The number of ether oxygens (including phenoxy) is 1. The van der Waals surface area contributed by atoms with Crippen molar-refractivity contribution in [3.05, 3.63) is 36.1 Å². The summed E-state index contributed by atoms with van der Waals surface area (Å²) in [6, 6.07) is 8.82. The minimum absolute atomic E-state index is 0.235. The maximum Gasteiger partial charge on any atom is 0.323 e. The molecule has 0 amide bonds. The van der Waals surface area contributed by atoms with Crippen LogP contribution in [0.25, 0.3) is 11.0 Å². The van der Waals surface area contributed by atoms with Gasteiger partial charge in [-0.3, -0.25) is 14.3 Å². The summed E-state index contributed by atoms with van der Waals surface area (Å²) in [6.07, 6.45) is 0. The molecule has 106 valence electrons. The molecule has 1 aromatic heterocycles. The Morgan fingerprint density at radius 3 is 2.95 bits per heavy atom. The predicted molar refractivity (Wildman–Crippen MR) is 75.8 cm³/mol. The third-order valence-electron chi connectivity index (χ3n) is 3.38. The number of methoxy groups -OCH3 is 1. The summed E-state index contributed by atoms with van der Waals surface area (Å²) in [6.45, 7) is 0. The van der Waals surface area contributed by atoms with E-state index in [0.29, 0.717) is 11.5 Å². The molecule has 0 radical (unpaired) electrons. The van der Waals surface area contributed by atoms with Crippen LogP contribution in [0.15, 0.2) is 34.7 Å². The topological polar surface area (TPSA) is 68.5 Å². The van der Waals surface area contributed by atoms with Crippen LogP contribution in [0.2, 0.25) is 0 Å². The van der Waals surface area contributed by atoms with Crippen LogP contribution in [-0.4, -0.2) is 34.8 Å². The van der Waals surface area contributed by atoms with E-state index < -0.39 is 16.8 Å². The standard InChI is InChI=1S/C14H15NO4S/c1-18-14(16)11-8-20(17)7-10(15-11)13-6-9-4-2-3-5-12(9)19-13/h2-6,10-11,15H,7-8H2,1H3. The normalized spacial score (nSPS) is 26.6. The van der Waals surface area contributed by atoms with Gasteiger partial charge in [-0.05, 0) is 12.1 Å².